The largest absolute Gasteiger partial charge is 0.384 e. The molecule has 0 radical (unpaired) electrons. The first-order valence-corrected chi connectivity index (χ1v) is 8.76. The maximum atomic E-state index is 11.2. The average molecular weight is 351 g/mol. The van der Waals surface area contributed by atoms with Crippen molar-refractivity contribution in [3.63, 3.8) is 0 Å². The molecule has 0 aliphatic rings. The number of rotatable bonds is 5. The van der Waals surface area contributed by atoms with Gasteiger partial charge >= 0.3 is 0 Å². The third-order valence-electron chi connectivity index (χ3n) is 4.03. The third-order valence-corrected chi connectivity index (χ3v) is 4.03. The van der Waals surface area contributed by atoms with E-state index in [0.717, 1.165) is 35.4 Å². The van der Waals surface area contributed by atoms with Crippen LogP contribution in [0.2, 0.25) is 0 Å². The molecular formula is C20H25N5O. The number of hydrogen-bond acceptors (Lipinski definition) is 4. The number of fused-ring (bicyclic) bond motifs is 1. The molecule has 0 aromatic carbocycles. The molecule has 0 saturated heterocycles. The van der Waals surface area contributed by atoms with Crippen LogP contribution in [0.15, 0.2) is 43.0 Å². The maximum Gasteiger partial charge on any atom is 0.222 e. The van der Waals surface area contributed by atoms with E-state index in [0.29, 0.717) is 11.2 Å². The Morgan fingerprint density at radius 3 is 2.69 bits per heavy atom. The van der Waals surface area contributed by atoms with Crippen LogP contribution in [-0.4, -0.2) is 26.8 Å². The van der Waals surface area contributed by atoms with E-state index < -0.39 is 0 Å². The lowest BCUT2D eigenvalue weighted by atomic mass is 9.92. The van der Waals surface area contributed by atoms with Crippen LogP contribution in [-0.2, 0) is 4.79 Å². The fourth-order valence-corrected chi connectivity index (χ4v) is 2.68. The molecule has 3 aromatic rings. The van der Waals surface area contributed by atoms with Gasteiger partial charge in [0.25, 0.3) is 0 Å². The molecule has 3 aromatic heterocycles. The molecule has 0 atom stereocenters. The molecule has 0 bridgehead atoms. The van der Waals surface area contributed by atoms with Gasteiger partial charge in [-0.1, -0.05) is 20.8 Å². The third kappa shape index (κ3) is 4.59. The Balaban J connectivity index is 1.79. The van der Waals surface area contributed by atoms with Crippen LogP contribution in [0.4, 0.5) is 11.5 Å². The standard InChI is InChI=1S/C20H25N5O/c1-14(26)23-18-13-25-12-15(5-6-19(25)24-18)16-9-17(11-21-10-16)22-8-7-20(2,3)4/h5-6,9-13,22H,7-8H2,1-4H3,(H,23,26). The van der Waals surface area contributed by atoms with E-state index in [9.17, 15) is 4.79 Å². The van der Waals surface area contributed by atoms with Gasteiger partial charge in [-0.05, 0) is 30.0 Å². The topological polar surface area (TPSA) is 71.3 Å². The van der Waals surface area contributed by atoms with Crippen molar-refractivity contribution >= 4 is 23.1 Å². The van der Waals surface area contributed by atoms with Crippen LogP contribution < -0.4 is 10.6 Å². The molecule has 0 fully saturated rings. The number of amides is 1. The van der Waals surface area contributed by atoms with Crippen molar-refractivity contribution in [1.82, 2.24) is 14.4 Å². The minimum atomic E-state index is -0.133. The summed E-state index contributed by atoms with van der Waals surface area (Å²) in [5.74, 6) is 0.414. The summed E-state index contributed by atoms with van der Waals surface area (Å²) in [6.45, 7) is 9.09. The fraction of sp³-hybridized carbons (Fsp3) is 0.350. The molecule has 0 saturated carbocycles. The summed E-state index contributed by atoms with van der Waals surface area (Å²) in [6, 6.07) is 6.04. The number of carbonyl (C=O) groups excluding carboxylic acids is 1. The van der Waals surface area contributed by atoms with E-state index >= 15 is 0 Å². The Bertz CT molecular complexity index is 923. The molecule has 3 heterocycles. The number of anilines is 2. The molecule has 136 valence electrons. The molecule has 3 rings (SSSR count). The molecular weight excluding hydrogens is 326 g/mol. The van der Waals surface area contributed by atoms with Gasteiger partial charge in [-0.15, -0.1) is 0 Å². The summed E-state index contributed by atoms with van der Waals surface area (Å²) < 4.78 is 1.90. The van der Waals surface area contributed by atoms with Crippen molar-refractivity contribution in [3.8, 4) is 11.1 Å². The van der Waals surface area contributed by atoms with Crippen LogP contribution in [0.5, 0.6) is 0 Å². The smallest absolute Gasteiger partial charge is 0.222 e. The van der Waals surface area contributed by atoms with Crippen LogP contribution in [0, 0.1) is 5.41 Å². The number of aromatic nitrogens is 3. The minimum absolute atomic E-state index is 0.133. The maximum absolute atomic E-state index is 11.2. The molecule has 0 spiro atoms. The van der Waals surface area contributed by atoms with Crippen molar-refractivity contribution < 1.29 is 4.79 Å². The number of carbonyl (C=O) groups is 1. The SMILES string of the molecule is CC(=O)Nc1cn2cc(-c3cncc(NCCC(C)(C)C)c3)ccc2n1. The molecule has 6 nitrogen and oxygen atoms in total. The number of hydrogen-bond donors (Lipinski definition) is 2. The van der Waals surface area contributed by atoms with E-state index in [1.54, 1.807) is 6.20 Å². The monoisotopic (exact) mass is 351 g/mol. The summed E-state index contributed by atoms with van der Waals surface area (Å²) in [5.41, 5.74) is 4.16. The summed E-state index contributed by atoms with van der Waals surface area (Å²) in [7, 11) is 0. The second-order valence-electron chi connectivity index (χ2n) is 7.69. The van der Waals surface area contributed by atoms with Gasteiger partial charge in [-0.3, -0.25) is 9.78 Å². The Morgan fingerprint density at radius 2 is 1.96 bits per heavy atom. The molecule has 2 N–H and O–H groups in total. The zero-order valence-electron chi connectivity index (χ0n) is 15.7. The zero-order chi connectivity index (χ0) is 18.7. The normalized spacial score (nSPS) is 11.5. The fourth-order valence-electron chi connectivity index (χ4n) is 2.68. The average Bonchev–Trinajstić information content (AvgIpc) is 2.94. The van der Waals surface area contributed by atoms with Gasteiger partial charge in [0, 0.05) is 43.2 Å². The summed E-state index contributed by atoms with van der Waals surface area (Å²) >= 11 is 0. The lowest BCUT2D eigenvalue weighted by molar-refractivity contribution is -0.114. The second-order valence-corrected chi connectivity index (χ2v) is 7.69. The quantitative estimate of drug-likeness (QED) is 0.722. The highest BCUT2D eigenvalue weighted by molar-refractivity contribution is 5.87. The van der Waals surface area contributed by atoms with E-state index in [4.69, 9.17) is 0 Å². The van der Waals surface area contributed by atoms with E-state index in [1.807, 2.05) is 35.1 Å². The van der Waals surface area contributed by atoms with Gasteiger partial charge in [0.1, 0.15) is 5.65 Å². The van der Waals surface area contributed by atoms with E-state index in [-0.39, 0.29) is 5.91 Å². The molecule has 0 unspecified atom stereocenters. The highest BCUT2D eigenvalue weighted by Gasteiger charge is 2.10. The van der Waals surface area contributed by atoms with Crippen LogP contribution in [0.25, 0.3) is 16.8 Å². The van der Waals surface area contributed by atoms with Crippen molar-refractivity contribution in [3.05, 3.63) is 43.0 Å². The van der Waals surface area contributed by atoms with Crippen LogP contribution in [0.3, 0.4) is 0 Å². The highest BCUT2D eigenvalue weighted by Crippen LogP contribution is 2.24. The first kappa shape index (κ1) is 17.9. The van der Waals surface area contributed by atoms with Gasteiger partial charge in [-0.25, -0.2) is 4.98 Å². The van der Waals surface area contributed by atoms with Crippen molar-refractivity contribution in [2.45, 2.75) is 34.1 Å². The van der Waals surface area contributed by atoms with Crippen molar-refractivity contribution in [1.29, 1.82) is 0 Å². The Hall–Kier alpha value is -2.89. The number of nitrogens with one attached hydrogen (secondary N) is 2. The number of nitrogens with zero attached hydrogens (tertiary/aromatic N) is 3. The van der Waals surface area contributed by atoms with Crippen molar-refractivity contribution in [2.75, 3.05) is 17.2 Å². The Morgan fingerprint density at radius 1 is 1.15 bits per heavy atom. The number of imidazole rings is 1. The molecule has 6 heteroatoms. The Kier molecular flexibility index (Phi) is 4.93. The van der Waals surface area contributed by atoms with Crippen molar-refractivity contribution in [2.24, 2.45) is 5.41 Å². The zero-order valence-corrected chi connectivity index (χ0v) is 15.7. The van der Waals surface area contributed by atoms with Gasteiger partial charge in [0.05, 0.1) is 11.9 Å². The first-order chi connectivity index (χ1) is 12.3. The Labute approximate surface area is 153 Å². The van der Waals surface area contributed by atoms with E-state index in [1.165, 1.54) is 6.92 Å². The number of pyridine rings is 2. The summed E-state index contributed by atoms with van der Waals surface area (Å²) in [6.07, 6.45) is 8.57. The van der Waals surface area contributed by atoms with E-state index in [2.05, 4.69) is 47.4 Å². The van der Waals surface area contributed by atoms with Gasteiger partial charge in [-0.2, -0.15) is 0 Å². The predicted octanol–water partition coefficient (Wildman–Crippen LogP) is 4.20. The van der Waals surface area contributed by atoms with Gasteiger partial charge in [0.2, 0.25) is 5.91 Å². The van der Waals surface area contributed by atoms with Gasteiger partial charge in [0.15, 0.2) is 5.82 Å². The molecule has 0 aliphatic heterocycles. The van der Waals surface area contributed by atoms with Crippen LogP contribution >= 0.6 is 0 Å². The molecule has 0 aliphatic carbocycles. The summed E-state index contributed by atoms with van der Waals surface area (Å²) in [4.78, 5) is 19.9. The lowest BCUT2D eigenvalue weighted by Crippen LogP contribution is -2.12. The lowest BCUT2D eigenvalue weighted by Gasteiger charge is -2.18. The highest BCUT2D eigenvalue weighted by atomic mass is 16.1. The predicted molar refractivity (Wildman–Crippen MR) is 105 cm³/mol. The molecule has 1 amide bonds. The van der Waals surface area contributed by atoms with Crippen LogP contribution in [0.1, 0.15) is 34.1 Å². The second kappa shape index (κ2) is 7.15. The first-order valence-electron chi connectivity index (χ1n) is 8.76. The minimum Gasteiger partial charge on any atom is -0.384 e. The van der Waals surface area contributed by atoms with Gasteiger partial charge < -0.3 is 15.0 Å². The molecule has 26 heavy (non-hydrogen) atoms. The summed E-state index contributed by atoms with van der Waals surface area (Å²) in [5, 5.41) is 6.15.